The minimum atomic E-state index is 0.662. The number of nitrogens with one attached hydrogen (secondary N) is 2. The van der Waals surface area contributed by atoms with Crippen LogP contribution in [0.4, 0.5) is 0 Å². The lowest BCUT2D eigenvalue weighted by Crippen LogP contribution is -2.39. The van der Waals surface area contributed by atoms with E-state index in [1.807, 2.05) is 0 Å². The van der Waals surface area contributed by atoms with Gasteiger partial charge in [-0.15, -0.1) is 10.2 Å². The molecule has 0 unspecified atom stereocenters. The van der Waals surface area contributed by atoms with Crippen molar-refractivity contribution >= 4 is 5.96 Å². The third-order valence-electron chi connectivity index (χ3n) is 4.23. The molecule has 1 aromatic heterocycles. The van der Waals surface area contributed by atoms with Crippen LogP contribution in [0, 0.1) is 13.8 Å². The Morgan fingerprint density at radius 3 is 2.67 bits per heavy atom. The third-order valence-corrected chi connectivity index (χ3v) is 4.23. The molecule has 148 valence electrons. The highest BCUT2D eigenvalue weighted by atomic mass is 16.5. The summed E-state index contributed by atoms with van der Waals surface area (Å²) in [5.41, 5.74) is 2.35. The molecule has 7 heteroatoms. The fraction of sp³-hybridized carbons (Fsp3) is 0.550. The molecule has 0 radical (unpaired) electrons. The molecule has 0 atom stereocenters. The van der Waals surface area contributed by atoms with Gasteiger partial charge < -0.3 is 19.9 Å². The SMILES string of the molecule is CCNC(=NCCCOc1c(C)cccc1C)NCCn1cnnc1CC. The van der Waals surface area contributed by atoms with E-state index in [1.54, 1.807) is 6.33 Å². The van der Waals surface area contributed by atoms with Crippen LogP contribution in [0.2, 0.25) is 0 Å². The number of benzene rings is 1. The normalized spacial score (nSPS) is 11.5. The van der Waals surface area contributed by atoms with Gasteiger partial charge in [0, 0.05) is 39.0 Å². The van der Waals surface area contributed by atoms with Crippen molar-refractivity contribution in [3.63, 3.8) is 0 Å². The number of aliphatic imine (C=N–C) groups is 1. The summed E-state index contributed by atoms with van der Waals surface area (Å²) in [6.45, 7) is 12.1. The Morgan fingerprint density at radius 2 is 1.96 bits per heavy atom. The van der Waals surface area contributed by atoms with E-state index in [0.29, 0.717) is 13.2 Å². The van der Waals surface area contributed by atoms with Gasteiger partial charge >= 0.3 is 0 Å². The van der Waals surface area contributed by atoms with Gasteiger partial charge in [0.05, 0.1) is 6.61 Å². The maximum Gasteiger partial charge on any atom is 0.191 e. The molecule has 0 spiro atoms. The summed E-state index contributed by atoms with van der Waals surface area (Å²) < 4.78 is 8.00. The monoisotopic (exact) mass is 372 g/mol. The molecule has 2 N–H and O–H groups in total. The van der Waals surface area contributed by atoms with Crippen LogP contribution in [0.15, 0.2) is 29.5 Å². The number of hydrogen-bond acceptors (Lipinski definition) is 4. The maximum atomic E-state index is 5.94. The molecule has 2 aromatic rings. The number of aryl methyl sites for hydroxylation is 3. The van der Waals surface area contributed by atoms with Crippen molar-refractivity contribution in [2.45, 2.75) is 47.1 Å². The predicted molar refractivity (Wildman–Crippen MR) is 109 cm³/mol. The van der Waals surface area contributed by atoms with Gasteiger partial charge in [0.1, 0.15) is 17.9 Å². The largest absolute Gasteiger partial charge is 0.493 e. The topological polar surface area (TPSA) is 76.4 Å². The Kier molecular flexibility index (Phi) is 8.61. The Hall–Kier alpha value is -2.57. The summed E-state index contributed by atoms with van der Waals surface area (Å²) in [6.07, 6.45) is 3.53. The zero-order valence-electron chi connectivity index (χ0n) is 17.0. The number of para-hydroxylation sites is 1. The van der Waals surface area contributed by atoms with Gasteiger partial charge in [-0.1, -0.05) is 25.1 Å². The van der Waals surface area contributed by atoms with E-state index in [-0.39, 0.29) is 0 Å². The Morgan fingerprint density at radius 1 is 1.19 bits per heavy atom. The van der Waals surface area contributed by atoms with Gasteiger partial charge in [-0.05, 0) is 31.9 Å². The van der Waals surface area contributed by atoms with Gasteiger partial charge in [-0.25, -0.2) is 0 Å². The van der Waals surface area contributed by atoms with Gasteiger partial charge in [-0.2, -0.15) is 0 Å². The molecule has 0 fully saturated rings. The summed E-state index contributed by atoms with van der Waals surface area (Å²) in [7, 11) is 0. The Balaban J connectivity index is 1.74. The lowest BCUT2D eigenvalue weighted by molar-refractivity contribution is 0.309. The van der Waals surface area contributed by atoms with Crippen molar-refractivity contribution in [2.75, 3.05) is 26.2 Å². The third kappa shape index (κ3) is 6.58. The zero-order chi connectivity index (χ0) is 19.5. The molecule has 2 rings (SSSR count). The highest BCUT2D eigenvalue weighted by molar-refractivity contribution is 5.79. The van der Waals surface area contributed by atoms with Crippen LogP contribution in [0.1, 0.15) is 37.2 Å². The van der Waals surface area contributed by atoms with Crippen LogP contribution < -0.4 is 15.4 Å². The first-order valence-electron chi connectivity index (χ1n) is 9.73. The van der Waals surface area contributed by atoms with E-state index >= 15 is 0 Å². The summed E-state index contributed by atoms with van der Waals surface area (Å²) >= 11 is 0. The van der Waals surface area contributed by atoms with Crippen LogP contribution in [-0.4, -0.2) is 47.0 Å². The molecular formula is C20H32N6O. The standard InChI is InChI=1S/C20H32N6O/c1-5-18-25-24-15-26(18)13-12-23-20(21-6-2)22-11-8-14-27-19-16(3)9-7-10-17(19)4/h7,9-10,15H,5-6,8,11-14H2,1-4H3,(H2,21,22,23). The van der Waals surface area contributed by atoms with Crippen molar-refractivity contribution in [1.82, 2.24) is 25.4 Å². The molecular weight excluding hydrogens is 340 g/mol. The molecule has 0 aliphatic heterocycles. The number of aromatic nitrogens is 3. The second-order valence-electron chi connectivity index (χ2n) is 6.40. The molecule has 0 aliphatic rings. The maximum absolute atomic E-state index is 5.94. The second kappa shape index (κ2) is 11.2. The van der Waals surface area contributed by atoms with E-state index in [4.69, 9.17) is 4.74 Å². The van der Waals surface area contributed by atoms with Gasteiger partial charge in [0.25, 0.3) is 0 Å². The van der Waals surface area contributed by atoms with E-state index in [9.17, 15) is 0 Å². The summed E-state index contributed by atoms with van der Waals surface area (Å²) in [4.78, 5) is 4.62. The van der Waals surface area contributed by atoms with E-state index < -0.39 is 0 Å². The van der Waals surface area contributed by atoms with Gasteiger partial charge in [-0.3, -0.25) is 4.99 Å². The molecule has 0 bridgehead atoms. The smallest absolute Gasteiger partial charge is 0.191 e. The number of rotatable bonds is 10. The lowest BCUT2D eigenvalue weighted by atomic mass is 10.1. The first-order valence-corrected chi connectivity index (χ1v) is 9.73. The van der Waals surface area contributed by atoms with Gasteiger partial charge in [0.15, 0.2) is 5.96 Å². The average Bonchev–Trinajstić information content (AvgIpc) is 3.11. The highest BCUT2D eigenvalue weighted by Gasteiger charge is 2.04. The van der Waals surface area contributed by atoms with E-state index in [1.165, 1.54) is 11.1 Å². The minimum absolute atomic E-state index is 0.662. The lowest BCUT2D eigenvalue weighted by Gasteiger charge is -2.13. The predicted octanol–water partition coefficient (Wildman–Crippen LogP) is 2.48. The Bertz CT molecular complexity index is 705. The number of ether oxygens (including phenoxy) is 1. The van der Waals surface area contributed by atoms with Gasteiger partial charge in [0.2, 0.25) is 0 Å². The number of guanidine groups is 1. The molecule has 0 aliphatic carbocycles. The average molecular weight is 373 g/mol. The van der Waals surface area contributed by atoms with Crippen molar-refractivity contribution in [1.29, 1.82) is 0 Å². The quantitative estimate of drug-likeness (QED) is 0.381. The summed E-state index contributed by atoms with van der Waals surface area (Å²) in [5, 5.41) is 14.7. The fourth-order valence-electron chi connectivity index (χ4n) is 2.83. The first-order chi connectivity index (χ1) is 13.2. The van der Waals surface area contributed by atoms with E-state index in [2.05, 4.69) is 76.3 Å². The van der Waals surface area contributed by atoms with Crippen molar-refractivity contribution in [2.24, 2.45) is 4.99 Å². The van der Waals surface area contributed by atoms with E-state index in [0.717, 1.165) is 50.0 Å². The van der Waals surface area contributed by atoms with Crippen LogP contribution >= 0.6 is 0 Å². The number of hydrogen-bond donors (Lipinski definition) is 2. The Labute approximate surface area is 162 Å². The number of nitrogens with zero attached hydrogens (tertiary/aromatic N) is 4. The second-order valence-corrected chi connectivity index (χ2v) is 6.40. The van der Waals surface area contributed by atoms with Crippen LogP contribution in [0.25, 0.3) is 0 Å². The molecule has 1 aromatic carbocycles. The van der Waals surface area contributed by atoms with Crippen LogP contribution in [0.3, 0.4) is 0 Å². The zero-order valence-corrected chi connectivity index (χ0v) is 17.0. The molecule has 0 saturated heterocycles. The highest BCUT2D eigenvalue weighted by Crippen LogP contribution is 2.22. The van der Waals surface area contributed by atoms with Crippen LogP contribution in [-0.2, 0) is 13.0 Å². The fourth-order valence-corrected chi connectivity index (χ4v) is 2.83. The first kappa shape index (κ1) is 20.7. The summed E-state index contributed by atoms with van der Waals surface area (Å²) in [5.74, 6) is 2.82. The van der Waals surface area contributed by atoms with Crippen molar-refractivity contribution in [3.05, 3.63) is 41.5 Å². The van der Waals surface area contributed by atoms with Crippen molar-refractivity contribution < 1.29 is 4.74 Å². The minimum Gasteiger partial charge on any atom is -0.493 e. The molecule has 1 heterocycles. The molecule has 27 heavy (non-hydrogen) atoms. The molecule has 7 nitrogen and oxygen atoms in total. The van der Waals surface area contributed by atoms with Crippen LogP contribution in [0.5, 0.6) is 5.75 Å². The molecule has 0 amide bonds. The molecule has 0 saturated carbocycles. The summed E-state index contributed by atoms with van der Waals surface area (Å²) in [6, 6.07) is 6.21. The van der Waals surface area contributed by atoms with Crippen molar-refractivity contribution in [3.8, 4) is 5.75 Å².